The monoisotopic (exact) mass is 206 g/mol. The molecule has 0 aliphatic carbocycles. The molecular formula is C10H14N4O. The number of carbonyl (C=O) groups excluding carboxylic acids is 1. The molecule has 0 radical (unpaired) electrons. The highest BCUT2D eigenvalue weighted by Gasteiger charge is 2.02. The zero-order valence-corrected chi connectivity index (χ0v) is 8.31. The second-order valence-corrected chi connectivity index (χ2v) is 2.96. The summed E-state index contributed by atoms with van der Waals surface area (Å²) >= 11 is 0. The number of aromatic nitrogens is 1. The predicted octanol–water partition coefficient (Wildman–Crippen LogP) is 0.0471. The smallest absolute Gasteiger partial charge is 0.266 e. The van der Waals surface area contributed by atoms with Gasteiger partial charge in [0.25, 0.3) is 5.91 Å². The molecule has 0 spiro atoms. The second kappa shape index (κ2) is 5.90. The van der Waals surface area contributed by atoms with Crippen LogP contribution in [0.25, 0.3) is 6.08 Å². The highest BCUT2D eigenvalue weighted by molar-refractivity contribution is 5.93. The highest BCUT2D eigenvalue weighted by atomic mass is 16.2. The molecule has 0 atom stereocenters. The van der Waals surface area contributed by atoms with Gasteiger partial charge in [0.1, 0.15) is 0 Å². The van der Waals surface area contributed by atoms with Gasteiger partial charge < -0.3 is 5.73 Å². The fraction of sp³-hybridized carbons (Fsp3) is 0.200. The Morgan fingerprint density at radius 3 is 3.00 bits per heavy atom. The van der Waals surface area contributed by atoms with Gasteiger partial charge in [0.2, 0.25) is 0 Å². The molecule has 1 rings (SSSR count). The lowest BCUT2D eigenvalue weighted by Crippen LogP contribution is -2.30. The molecule has 0 fully saturated rings. The van der Waals surface area contributed by atoms with Gasteiger partial charge in [-0.3, -0.25) is 15.2 Å². The molecule has 0 aromatic carbocycles. The molecule has 5 nitrogen and oxygen atoms in total. The zero-order valence-electron chi connectivity index (χ0n) is 8.31. The Balaban J connectivity index is 2.78. The standard InChI is InChI=1S/C10H14N4O/c11-4-2-1-3-8-5-9(7-13-6-8)10(15)14-12/h1,3,5-7H,2,4,11-12H2,(H,14,15). The van der Waals surface area contributed by atoms with Crippen LogP contribution in [0.4, 0.5) is 0 Å². The van der Waals surface area contributed by atoms with Crippen LogP contribution in [-0.2, 0) is 0 Å². The van der Waals surface area contributed by atoms with Crippen molar-refractivity contribution in [2.45, 2.75) is 6.42 Å². The topological polar surface area (TPSA) is 94.0 Å². The van der Waals surface area contributed by atoms with Gasteiger partial charge in [-0.1, -0.05) is 12.2 Å². The van der Waals surface area contributed by atoms with Crippen molar-refractivity contribution >= 4 is 12.0 Å². The van der Waals surface area contributed by atoms with Crippen LogP contribution in [-0.4, -0.2) is 17.4 Å². The number of rotatable bonds is 4. The van der Waals surface area contributed by atoms with E-state index in [1.165, 1.54) is 6.20 Å². The number of hydrogen-bond donors (Lipinski definition) is 3. The van der Waals surface area contributed by atoms with E-state index in [-0.39, 0.29) is 5.91 Å². The van der Waals surface area contributed by atoms with E-state index in [0.29, 0.717) is 12.1 Å². The molecule has 0 bridgehead atoms. The number of hydrazine groups is 1. The lowest BCUT2D eigenvalue weighted by atomic mass is 10.2. The first-order valence-electron chi connectivity index (χ1n) is 4.60. The molecule has 1 heterocycles. The van der Waals surface area contributed by atoms with Gasteiger partial charge in [0.05, 0.1) is 5.56 Å². The van der Waals surface area contributed by atoms with E-state index in [1.54, 1.807) is 12.3 Å². The van der Waals surface area contributed by atoms with E-state index >= 15 is 0 Å². The van der Waals surface area contributed by atoms with Crippen molar-refractivity contribution in [2.75, 3.05) is 6.54 Å². The van der Waals surface area contributed by atoms with Crippen LogP contribution < -0.4 is 17.0 Å². The average Bonchev–Trinajstić information content (AvgIpc) is 2.29. The molecule has 0 aliphatic rings. The second-order valence-electron chi connectivity index (χ2n) is 2.96. The van der Waals surface area contributed by atoms with Crippen molar-refractivity contribution in [3.63, 3.8) is 0 Å². The third-order valence-electron chi connectivity index (χ3n) is 1.80. The first-order valence-corrected chi connectivity index (χ1v) is 4.60. The number of nitrogens with zero attached hydrogens (tertiary/aromatic N) is 1. The molecule has 80 valence electrons. The molecule has 5 N–H and O–H groups in total. The first-order chi connectivity index (χ1) is 7.27. The summed E-state index contributed by atoms with van der Waals surface area (Å²) in [5.41, 5.74) is 8.69. The van der Waals surface area contributed by atoms with E-state index in [1.807, 2.05) is 12.2 Å². The zero-order chi connectivity index (χ0) is 11.1. The Hall–Kier alpha value is -1.72. The molecule has 0 unspecified atom stereocenters. The summed E-state index contributed by atoms with van der Waals surface area (Å²) in [6, 6.07) is 1.71. The lowest BCUT2D eigenvalue weighted by Gasteiger charge is -1.99. The fourth-order valence-corrected chi connectivity index (χ4v) is 1.07. The predicted molar refractivity (Wildman–Crippen MR) is 58.6 cm³/mol. The van der Waals surface area contributed by atoms with Crippen LogP contribution in [0.2, 0.25) is 0 Å². The van der Waals surface area contributed by atoms with Gasteiger partial charge in [-0.2, -0.15) is 0 Å². The van der Waals surface area contributed by atoms with Crippen molar-refractivity contribution < 1.29 is 4.79 Å². The minimum absolute atomic E-state index is 0.350. The van der Waals surface area contributed by atoms with Crippen LogP contribution in [0, 0.1) is 0 Å². The Bertz CT molecular complexity index is 362. The normalized spacial score (nSPS) is 10.5. The maximum absolute atomic E-state index is 11.2. The summed E-state index contributed by atoms with van der Waals surface area (Å²) in [5, 5.41) is 0. The number of amides is 1. The average molecular weight is 206 g/mol. The van der Waals surface area contributed by atoms with E-state index in [9.17, 15) is 4.79 Å². The maximum atomic E-state index is 11.2. The summed E-state index contributed by atoms with van der Waals surface area (Å²) in [7, 11) is 0. The van der Waals surface area contributed by atoms with Gasteiger partial charge in [-0.05, 0) is 24.6 Å². The van der Waals surface area contributed by atoms with E-state index in [2.05, 4.69) is 10.4 Å². The van der Waals surface area contributed by atoms with Crippen molar-refractivity contribution in [3.05, 3.63) is 35.7 Å². The van der Waals surface area contributed by atoms with Crippen LogP contribution in [0.1, 0.15) is 22.3 Å². The van der Waals surface area contributed by atoms with Crippen molar-refractivity contribution in [1.29, 1.82) is 0 Å². The number of nitrogens with two attached hydrogens (primary N) is 2. The Labute approximate surface area is 88.1 Å². The maximum Gasteiger partial charge on any atom is 0.266 e. The molecule has 1 amide bonds. The molecule has 1 aromatic heterocycles. The number of nitrogens with one attached hydrogen (secondary N) is 1. The number of nitrogen functional groups attached to an aromatic ring is 1. The minimum Gasteiger partial charge on any atom is -0.330 e. The Kier molecular flexibility index (Phi) is 4.46. The van der Waals surface area contributed by atoms with Gasteiger partial charge in [-0.15, -0.1) is 0 Å². The fourth-order valence-electron chi connectivity index (χ4n) is 1.07. The summed E-state index contributed by atoms with van der Waals surface area (Å²) in [5.74, 6) is 4.66. The molecule has 0 saturated carbocycles. The van der Waals surface area contributed by atoms with Crippen molar-refractivity contribution in [1.82, 2.24) is 10.4 Å². The van der Waals surface area contributed by atoms with Crippen LogP contribution in [0.5, 0.6) is 0 Å². The first kappa shape index (κ1) is 11.4. The summed E-state index contributed by atoms with van der Waals surface area (Å²) in [6.45, 7) is 0.604. The van der Waals surface area contributed by atoms with Gasteiger partial charge in [0, 0.05) is 12.4 Å². The largest absolute Gasteiger partial charge is 0.330 e. The van der Waals surface area contributed by atoms with Crippen molar-refractivity contribution in [2.24, 2.45) is 11.6 Å². The minimum atomic E-state index is -0.350. The highest BCUT2D eigenvalue weighted by Crippen LogP contribution is 2.04. The summed E-state index contributed by atoms with van der Waals surface area (Å²) in [4.78, 5) is 15.1. The number of hydrogen-bond acceptors (Lipinski definition) is 4. The Morgan fingerprint density at radius 1 is 1.53 bits per heavy atom. The number of carbonyl (C=O) groups is 1. The van der Waals surface area contributed by atoms with E-state index in [0.717, 1.165) is 12.0 Å². The van der Waals surface area contributed by atoms with Crippen LogP contribution >= 0.6 is 0 Å². The van der Waals surface area contributed by atoms with Gasteiger partial charge in [-0.25, -0.2) is 5.84 Å². The molecule has 0 aliphatic heterocycles. The van der Waals surface area contributed by atoms with E-state index < -0.39 is 0 Å². The van der Waals surface area contributed by atoms with Crippen LogP contribution in [0.3, 0.4) is 0 Å². The lowest BCUT2D eigenvalue weighted by molar-refractivity contribution is 0.0953. The summed E-state index contributed by atoms with van der Waals surface area (Å²) < 4.78 is 0. The quantitative estimate of drug-likeness (QED) is 0.368. The van der Waals surface area contributed by atoms with E-state index in [4.69, 9.17) is 11.6 Å². The molecule has 1 aromatic rings. The molecule has 0 saturated heterocycles. The van der Waals surface area contributed by atoms with Crippen LogP contribution in [0.15, 0.2) is 24.5 Å². The molecule has 15 heavy (non-hydrogen) atoms. The van der Waals surface area contributed by atoms with Gasteiger partial charge >= 0.3 is 0 Å². The third-order valence-corrected chi connectivity index (χ3v) is 1.80. The SMILES string of the molecule is NCCC=Cc1cncc(C(=O)NN)c1. The third kappa shape index (κ3) is 3.49. The van der Waals surface area contributed by atoms with Gasteiger partial charge in [0.15, 0.2) is 0 Å². The van der Waals surface area contributed by atoms with Crippen molar-refractivity contribution in [3.8, 4) is 0 Å². The number of pyridine rings is 1. The molecule has 5 heteroatoms. The summed E-state index contributed by atoms with van der Waals surface area (Å²) in [6.07, 6.45) is 7.73. The Morgan fingerprint density at radius 2 is 2.33 bits per heavy atom. The molecular weight excluding hydrogens is 192 g/mol.